The summed E-state index contributed by atoms with van der Waals surface area (Å²) in [5, 5.41) is 3.63. The lowest BCUT2D eigenvalue weighted by Crippen LogP contribution is -2.43. The van der Waals surface area contributed by atoms with E-state index in [-0.39, 0.29) is 28.9 Å². The minimum atomic E-state index is -0.569. The monoisotopic (exact) mass is 571 g/mol. The largest absolute Gasteiger partial charge is 0.493 e. The van der Waals surface area contributed by atoms with Gasteiger partial charge in [-0.25, -0.2) is 19.2 Å². The number of piperidine rings is 2. The molecule has 2 aromatic carbocycles. The van der Waals surface area contributed by atoms with Gasteiger partial charge in [0.15, 0.2) is 17.3 Å². The van der Waals surface area contributed by atoms with Crippen LogP contribution in [-0.2, 0) is 4.74 Å². The number of hydrogen-bond donors (Lipinski definition) is 1. The highest BCUT2D eigenvalue weighted by molar-refractivity contribution is 6.31. The first-order chi connectivity index (χ1) is 19.4. The fourth-order valence-corrected chi connectivity index (χ4v) is 5.22. The van der Waals surface area contributed by atoms with Crippen LogP contribution in [0.3, 0.4) is 0 Å². The lowest BCUT2D eigenvalue weighted by Gasteiger charge is -2.32. The zero-order valence-electron chi connectivity index (χ0n) is 22.9. The lowest BCUT2D eigenvalue weighted by molar-refractivity contribution is 0.0582. The molecule has 0 bridgehead atoms. The van der Waals surface area contributed by atoms with Crippen molar-refractivity contribution in [2.75, 3.05) is 51.8 Å². The number of rotatable bonds is 8. The first-order valence-corrected chi connectivity index (χ1v) is 14.1. The summed E-state index contributed by atoms with van der Waals surface area (Å²) >= 11 is 5.87. The second-order valence-electron chi connectivity index (χ2n) is 10.4. The molecule has 214 valence electrons. The number of halogens is 2. The Morgan fingerprint density at radius 1 is 1.12 bits per heavy atom. The van der Waals surface area contributed by atoms with Crippen molar-refractivity contribution < 1.29 is 23.4 Å². The molecule has 1 N–H and O–H groups in total. The van der Waals surface area contributed by atoms with Crippen LogP contribution in [0.15, 0.2) is 36.5 Å². The van der Waals surface area contributed by atoms with Crippen LogP contribution in [0.1, 0.15) is 32.6 Å². The predicted octanol–water partition coefficient (Wildman–Crippen LogP) is 5.89. The predicted molar refractivity (Wildman–Crippen MR) is 152 cm³/mol. The van der Waals surface area contributed by atoms with Crippen molar-refractivity contribution in [3.05, 3.63) is 47.4 Å². The van der Waals surface area contributed by atoms with E-state index in [1.54, 1.807) is 36.4 Å². The minimum absolute atomic E-state index is 0.0135. The third kappa shape index (κ3) is 6.85. The second kappa shape index (κ2) is 12.9. The van der Waals surface area contributed by atoms with Gasteiger partial charge in [0.1, 0.15) is 12.7 Å². The highest BCUT2D eigenvalue weighted by atomic mass is 35.5. The number of nitrogens with zero attached hydrogens (tertiary/aromatic N) is 4. The van der Waals surface area contributed by atoms with Crippen LogP contribution in [0, 0.1) is 11.7 Å². The van der Waals surface area contributed by atoms with Crippen molar-refractivity contribution in [1.82, 2.24) is 19.8 Å². The molecule has 1 aromatic heterocycles. The van der Waals surface area contributed by atoms with Gasteiger partial charge in [-0.05, 0) is 50.0 Å². The maximum atomic E-state index is 14.3. The summed E-state index contributed by atoms with van der Waals surface area (Å²) in [5.74, 6) is 1.56. The molecular weight excluding hydrogens is 537 g/mol. The highest BCUT2D eigenvalue weighted by Gasteiger charge is 2.26. The average molecular weight is 572 g/mol. The van der Waals surface area contributed by atoms with Crippen LogP contribution >= 0.6 is 11.6 Å². The number of carbonyl (C=O) groups is 1. The van der Waals surface area contributed by atoms with Gasteiger partial charge in [-0.1, -0.05) is 24.6 Å². The Morgan fingerprint density at radius 2 is 1.90 bits per heavy atom. The molecule has 0 unspecified atom stereocenters. The Morgan fingerprint density at radius 3 is 2.65 bits per heavy atom. The molecule has 2 saturated heterocycles. The van der Waals surface area contributed by atoms with Gasteiger partial charge in [0.25, 0.3) is 0 Å². The van der Waals surface area contributed by atoms with Crippen molar-refractivity contribution in [2.45, 2.75) is 38.7 Å². The van der Waals surface area contributed by atoms with Gasteiger partial charge in [-0.3, -0.25) is 4.90 Å². The van der Waals surface area contributed by atoms with Gasteiger partial charge in [0.2, 0.25) is 5.95 Å². The van der Waals surface area contributed by atoms with Crippen LogP contribution in [0.5, 0.6) is 11.5 Å². The van der Waals surface area contributed by atoms with E-state index in [2.05, 4.69) is 27.1 Å². The van der Waals surface area contributed by atoms with E-state index >= 15 is 0 Å². The van der Waals surface area contributed by atoms with Crippen LogP contribution < -0.4 is 14.8 Å². The van der Waals surface area contributed by atoms with Gasteiger partial charge >= 0.3 is 6.09 Å². The molecule has 2 aliphatic heterocycles. The first kappa shape index (κ1) is 28.2. The molecule has 0 spiro atoms. The standard InChI is InChI=1S/C29H35ClFN5O4/c1-19-6-10-35(11-7-19)14-15-39-29(37)36-12-8-21(9-13-36)40-26-16-20-18-32-28(34-24(20)17-25(26)38-2)33-23-5-3-4-22(30)27(23)31/h3-5,16-19,21H,6-15H2,1-2H3,(H,32,33,34). The number of benzene rings is 2. The number of amides is 1. The fourth-order valence-electron chi connectivity index (χ4n) is 5.05. The van der Waals surface area contributed by atoms with E-state index in [4.69, 9.17) is 25.8 Å². The van der Waals surface area contributed by atoms with E-state index < -0.39 is 5.82 Å². The zero-order valence-corrected chi connectivity index (χ0v) is 23.6. The second-order valence-corrected chi connectivity index (χ2v) is 10.8. The minimum Gasteiger partial charge on any atom is -0.493 e. The molecule has 40 heavy (non-hydrogen) atoms. The van der Waals surface area contributed by atoms with Crippen molar-refractivity contribution in [3.8, 4) is 11.5 Å². The topological polar surface area (TPSA) is 89.0 Å². The van der Waals surface area contributed by atoms with Crippen molar-refractivity contribution >= 4 is 40.2 Å². The van der Waals surface area contributed by atoms with E-state index in [0.29, 0.717) is 49.6 Å². The summed E-state index contributed by atoms with van der Waals surface area (Å²) in [5.41, 5.74) is 0.798. The Bertz CT molecular complexity index is 1330. The molecule has 0 aliphatic carbocycles. The molecule has 2 fully saturated rings. The molecular formula is C29H35ClFN5O4. The fraction of sp³-hybridized carbons (Fsp3) is 0.483. The molecule has 3 aromatic rings. The van der Waals surface area contributed by atoms with Crippen LogP contribution in [0.25, 0.3) is 10.9 Å². The summed E-state index contributed by atoms with van der Waals surface area (Å²) in [6, 6.07) is 8.28. The Balaban J connectivity index is 1.15. The maximum absolute atomic E-state index is 14.3. The SMILES string of the molecule is COc1cc2nc(Nc3cccc(Cl)c3F)ncc2cc1OC1CCN(C(=O)OCCN2CCC(C)CC2)CC1. The van der Waals surface area contributed by atoms with Gasteiger partial charge < -0.3 is 24.4 Å². The number of aromatic nitrogens is 2. The van der Waals surface area contributed by atoms with Crippen molar-refractivity contribution in [2.24, 2.45) is 5.92 Å². The third-order valence-electron chi connectivity index (χ3n) is 7.57. The summed E-state index contributed by atoms with van der Waals surface area (Å²) in [4.78, 5) is 25.5. The molecule has 2 aliphatic rings. The van der Waals surface area contributed by atoms with Gasteiger partial charge in [-0.15, -0.1) is 0 Å². The van der Waals surface area contributed by atoms with Crippen molar-refractivity contribution in [1.29, 1.82) is 0 Å². The number of nitrogens with one attached hydrogen (secondary N) is 1. The van der Waals surface area contributed by atoms with Gasteiger partial charge in [0.05, 0.1) is 23.3 Å². The van der Waals surface area contributed by atoms with Crippen LogP contribution in [0.4, 0.5) is 20.8 Å². The molecule has 9 nitrogen and oxygen atoms in total. The summed E-state index contributed by atoms with van der Waals surface area (Å²) in [6.07, 6.45) is 5.10. The van der Waals surface area contributed by atoms with E-state index in [1.165, 1.54) is 18.9 Å². The first-order valence-electron chi connectivity index (χ1n) is 13.8. The average Bonchev–Trinajstić information content (AvgIpc) is 2.96. The number of likely N-dealkylation sites (tertiary alicyclic amines) is 2. The Hall–Kier alpha value is -3.37. The molecule has 0 radical (unpaired) electrons. The van der Waals surface area contributed by atoms with Crippen LogP contribution in [0.2, 0.25) is 5.02 Å². The number of anilines is 2. The van der Waals surface area contributed by atoms with Crippen molar-refractivity contribution in [3.63, 3.8) is 0 Å². The number of ether oxygens (including phenoxy) is 3. The summed E-state index contributed by atoms with van der Waals surface area (Å²) in [7, 11) is 1.57. The number of carbonyl (C=O) groups excluding carboxylic acids is 1. The molecule has 5 rings (SSSR count). The molecule has 11 heteroatoms. The molecule has 1 amide bonds. The van der Waals surface area contributed by atoms with Crippen LogP contribution in [-0.4, -0.2) is 78.4 Å². The zero-order chi connectivity index (χ0) is 28.1. The normalized spacial score (nSPS) is 17.1. The number of fused-ring (bicyclic) bond motifs is 1. The van der Waals surface area contributed by atoms with E-state index in [0.717, 1.165) is 30.9 Å². The Labute approximate surface area is 238 Å². The Kier molecular flexibility index (Phi) is 9.06. The third-order valence-corrected chi connectivity index (χ3v) is 7.86. The number of methoxy groups -OCH3 is 1. The van der Waals surface area contributed by atoms with Gasteiger partial charge in [0, 0.05) is 50.1 Å². The molecule has 0 saturated carbocycles. The smallest absolute Gasteiger partial charge is 0.409 e. The van der Waals surface area contributed by atoms with Gasteiger partial charge in [-0.2, -0.15) is 0 Å². The number of hydrogen-bond acceptors (Lipinski definition) is 8. The quantitative estimate of drug-likeness (QED) is 0.358. The molecule has 3 heterocycles. The summed E-state index contributed by atoms with van der Waals surface area (Å²) in [6.45, 7) is 6.79. The maximum Gasteiger partial charge on any atom is 0.409 e. The highest BCUT2D eigenvalue weighted by Crippen LogP contribution is 2.34. The molecule has 0 atom stereocenters. The lowest BCUT2D eigenvalue weighted by atomic mass is 9.99. The van der Waals surface area contributed by atoms with E-state index in [1.807, 2.05) is 6.07 Å². The summed E-state index contributed by atoms with van der Waals surface area (Å²) < 4.78 is 31.7. The van der Waals surface area contributed by atoms with E-state index in [9.17, 15) is 9.18 Å².